The number of benzene rings is 2. The van der Waals surface area contributed by atoms with Crippen molar-refractivity contribution < 1.29 is 9.53 Å². The first-order chi connectivity index (χ1) is 11.7. The summed E-state index contributed by atoms with van der Waals surface area (Å²) < 4.78 is 5.72. The van der Waals surface area contributed by atoms with Crippen LogP contribution in [0.2, 0.25) is 0 Å². The van der Waals surface area contributed by atoms with Gasteiger partial charge in [0.25, 0.3) is 0 Å². The van der Waals surface area contributed by atoms with Gasteiger partial charge in [-0.15, -0.1) is 0 Å². The van der Waals surface area contributed by atoms with Gasteiger partial charge in [0.1, 0.15) is 5.75 Å². The minimum atomic E-state index is 0. The third-order valence-corrected chi connectivity index (χ3v) is 5.79. The monoisotopic (exact) mass is 364 g/mol. The predicted molar refractivity (Wildman–Crippen MR) is 116 cm³/mol. The first-order valence-electron chi connectivity index (χ1n) is 8.88. The SMILES string of the molecule is CCCOc1cc(C)c(PC(=O)c2ccc(C(C)(C)C)cc2)c(C)c1.[LiH]. The van der Waals surface area contributed by atoms with Crippen molar-refractivity contribution in [3.05, 3.63) is 58.7 Å². The van der Waals surface area contributed by atoms with E-state index in [1.165, 1.54) is 5.56 Å². The van der Waals surface area contributed by atoms with Crippen LogP contribution >= 0.6 is 8.58 Å². The van der Waals surface area contributed by atoms with Crippen molar-refractivity contribution >= 4 is 38.3 Å². The summed E-state index contributed by atoms with van der Waals surface area (Å²) in [7, 11) is 0.141. The summed E-state index contributed by atoms with van der Waals surface area (Å²) in [6, 6.07) is 12.1. The molecule has 0 spiro atoms. The molecule has 0 saturated carbocycles. The molecule has 0 aliphatic carbocycles. The van der Waals surface area contributed by atoms with E-state index in [1.54, 1.807) is 0 Å². The van der Waals surface area contributed by atoms with Gasteiger partial charge < -0.3 is 4.74 Å². The predicted octanol–water partition coefficient (Wildman–Crippen LogP) is 4.89. The zero-order valence-corrected chi connectivity index (χ0v) is 17.2. The van der Waals surface area contributed by atoms with Crippen molar-refractivity contribution in [1.29, 1.82) is 0 Å². The van der Waals surface area contributed by atoms with Gasteiger partial charge >= 0.3 is 18.9 Å². The zero-order chi connectivity index (χ0) is 18.6. The van der Waals surface area contributed by atoms with Crippen molar-refractivity contribution in [3.63, 3.8) is 0 Å². The van der Waals surface area contributed by atoms with E-state index in [-0.39, 0.29) is 38.4 Å². The molecule has 0 bridgehead atoms. The van der Waals surface area contributed by atoms with Gasteiger partial charge in [0.15, 0.2) is 5.52 Å². The average molecular weight is 364 g/mol. The van der Waals surface area contributed by atoms with E-state index >= 15 is 0 Å². The maximum absolute atomic E-state index is 12.7. The Morgan fingerprint density at radius 2 is 1.58 bits per heavy atom. The molecule has 1 atom stereocenters. The van der Waals surface area contributed by atoms with E-state index in [4.69, 9.17) is 4.74 Å². The van der Waals surface area contributed by atoms with Gasteiger partial charge in [-0.2, -0.15) is 0 Å². The fourth-order valence-electron chi connectivity index (χ4n) is 2.73. The van der Waals surface area contributed by atoms with Gasteiger partial charge in [-0.25, -0.2) is 0 Å². The van der Waals surface area contributed by atoms with Gasteiger partial charge in [-0.05, 0) is 68.4 Å². The molecule has 0 aliphatic rings. The topological polar surface area (TPSA) is 26.3 Å². The van der Waals surface area contributed by atoms with Crippen molar-refractivity contribution in [2.75, 3.05) is 6.61 Å². The fourth-order valence-corrected chi connectivity index (χ4v) is 3.81. The molecule has 2 aromatic rings. The van der Waals surface area contributed by atoms with Crippen LogP contribution in [0.4, 0.5) is 0 Å². The molecule has 0 N–H and O–H groups in total. The van der Waals surface area contributed by atoms with E-state index in [9.17, 15) is 4.79 Å². The molecule has 0 radical (unpaired) electrons. The van der Waals surface area contributed by atoms with Crippen molar-refractivity contribution in [1.82, 2.24) is 0 Å². The zero-order valence-electron chi connectivity index (χ0n) is 16.2. The normalized spacial score (nSPS) is 11.5. The van der Waals surface area contributed by atoms with Gasteiger partial charge in [-0.3, -0.25) is 4.79 Å². The molecule has 0 aromatic heterocycles. The van der Waals surface area contributed by atoms with E-state index in [2.05, 4.69) is 53.7 Å². The van der Waals surface area contributed by atoms with Gasteiger partial charge in [0.05, 0.1) is 6.61 Å². The maximum atomic E-state index is 12.7. The fraction of sp³-hybridized carbons (Fsp3) is 0.409. The van der Waals surface area contributed by atoms with Crippen LogP contribution in [0.5, 0.6) is 5.75 Å². The van der Waals surface area contributed by atoms with E-state index in [0.717, 1.165) is 40.8 Å². The van der Waals surface area contributed by atoms with Gasteiger partial charge in [-0.1, -0.05) is 52.0 Å². The minimum absolute atomic E-state index is 0. The first kappa shape index (κ1) is 23.0. The Bertz CT molecular complexity index is 723. The number of hydrogen-bond donors (Lipinski definition) is 0. The summed E-state index contributed by atoms with van der Waals surface area (Å²) in [5.41, 5.74) is 4.58. The summed E-state index contributed by atoms with van der Waals surface area (Å²) >= 11 is 0. The molecule has 0 aliphatic heterocycles. The van der Waals surface area contributed by atoms with Crippen molar-refractivity contribution in [2.45, 2.75) is 53.4 Å². The van der Waals surface area contributed by atoms with E-state index < -0.39 is 0 Å². The summed E-state index contributed by atoms with van der Waals surface area (Å²) in [6.45, 7) is 13.5. The molecular weight excluding hydrogens is 334 g/mol. The quantitative estimate of drug-likeness (QED) is 0.539. The van der Waals surface area contributed by atoms with Crippen LogP contribution in [0.25, 0.3) is 0 Å². The Hall–Kier alpha value is -1.06. The van der Waals surface area contributed by atoms with Crippen LogP contribution in [0.15, 0.2) is 36.4 Å². The number of aryl methyl sites for hydroxylation is 2. The molecule has 26 heavy (non-hydrogen) atoms. The molecule has 0 fully saturated rings. The molecule has 2 nitrogen and oxygen atoms in total. The second kappa shape index (κ2) is 9.75. The Morgan fingerprint density at radius 1 is 1.04 bits per heavy atom. The van der Waals surface area contributed by atoms with Crippen LogP contribution < -0.4 is 10.0 Å². The number of hydrogen-bond acceptors (Lipinski definition) is 2. The summed E-state index contributed by atoms with van der Waals surface area (Å²) in [4.78, 5) is 12.7. The third kappa shape index (κ3) is 5.99. The summed E-state index contributed by atoms with van der Waals surface area (Å²) in [5, 5.41) is 1.13. The Morgan fingerprint density at radius 3 is 2.04 bits per heavy atom. The number of carbonyl (C=O) groups is 1. The Balaban J connectivity index is 0.00000338. The molecule has 0 heterocycles. The van der Waals surface area contributed by atoms with Crippen molar-refractivity contribution in [2.24, 2.45) is 0 Å². The molecule has 2 aromatic carbocycles. The molecule has 136 valence electrons. The summed E-state index contributed by atoms with van der Waals surface area (Å²) in [6.07, 6.45) is 0.991. The molecule has 0 saturated heterocycles. The second-order valence-corrected chi connectivity index (χ2v) is 8.77. The number of ether oxygens (including phenoxy) is 1. The molecular formula is C22H30LiO2P. The van der Waals surface area contributed by atoms with Crippen molar-refractivity contribution in [3.8, 4) is 5.75 Å². The van der Waals surface area contributed by atoms with E-state index in [0.29, 0.717) is 0 Å². The number of carbonyl (C=O) groups excluding carboxylic acids is 1. The Labute approximate surface area is 172 Å². The average Bonchev–Trinajstić information content (AvgIpc) is 2.55. The second-order valence-electron chi connectivity index (χ2n) is 7.56. The first-order valence-corrected chi connectivity index (χ1v) is 9.88. The van der Waals surface area contributed by atoms with Crippen LogP contribution in [-0.2, 0) is 5.41 Å². The molecule has 0 amide bonds. The van der Waals surface area contributed by atoms with Crippen LogP contribution in [0.1, 0.15) is 61.2 Å². The molecule has 1 unspecified atom stereocenters. The van der Waals surface area contributed by atoms with E-state index in [1.807, 2.05) is 24.3 Å². The van der Waals surface area contributed by atoms with Crippen LogP contribution in [-0.4, -0.2) is 31.0 Å². The van der Waals surface area contributed by atoms with Gasteiger partial charge in [0.2, 0.25) is 0 Å². The Kier molecular flexibility index (Phi) is 8.62. The number of rotatable bonds is 6. The molecule has 4 heteroatoms. The van der Waals surface area contributed by atoms with Gasteiger partial charge in [0, 0.05) is 5.56 Å². The van der Waals surface area contributed by atoms with Crippen LogP contribution in [0, 0.1) is 13.8 Å². The van der Waals surface area contributed by atoms with Crippen LogP contribution in [0.3, 0.4) is 0 Å². The third-order valence-electron chi connectivity index (χ3n) is 4.23. The standard InChI is InChI=1S/C22H29O2P.Li.H/c1-7-12-24-19-13-15(2)20(16(3)14-19)25-21(23)17-8-10-18(11-9-17)22(4,5)6;;/h8-11,13-14,25H,7,12H2,1-6H3;;. The molecule has 2 rings (SSSR count). The summed E-state index contributed by atoms with van der Waals surface area (Å²) in [5.74, 6) is 0.896.